The number of Topliss-reactive ketones (excluding diaryl/α,β-unsaturated/α-hetero) is 1. The molecule has 5 aromatic rings. The average Bonchev–Trinajstić information content (AvgIpc) is 4.10. The topological polar surface area (TPSA) is 188 Å². The molecule has 338 valence electrons. The number of carbonyl (C=O) groups is 4. The summed E-state index contributed by atoms with van der Waals surface area (Å²) in [6, 6.07) is 10.2. The van der Waals surface area contributed by atoms with E-state index in [1.807, 2.05) is 20.8 Å². The van der Waals surface area contributed by atoms with E-state index in [1.165, 1.54) is 30.2 Å². The van der Waals surface area contributed by atoms with Crippen LogP contribution in [0.1, 0.15) is 78.8 Å². The largest absolute Gasteiger partial charge is 0.470 e. The number of benzene rings is 2. The highest BCUT2D eigenvalue weighted by Gasteiger charge is 2.61. The van der Waals surface area contributed by atoms with Gasteiger partial charge in [-0.15, -0.1) is 17.9 Å². The van der Waals surface area contributed by atoms with Crippen LogP contribution in [0.3, 0.4) is 0 Å². The molecule has 0 radical (unpaired) electrons. The number of thiazole rings is 1. The first kappa shape index (κ1) is 44.9. The molecule has 8 rings (SSSR count). The monoisotopic (exact) mass is 921 g/mol. The molecule has 1 aliphatic heterocycles. The molecule has 2 aromatic carbocycles. The standard InChI is InChI=1S/C45H46F3N5O9S2/c1-7-25-20-44(25,42(57)52-64(58,59)28-16-17-28)21-32(54)31-18-27(22-53(31)40(55)30(43(3,4)5)19-34-49-23(2)37(63-34)41(56)60-6)61-39-36-35(29-10-8-9-11-33(29)62-36)50-38(51-39)24-12-14-26(15-13-24)45(46,47)48/h7-15,25,27-28,30-31H,1,16-22H2,2-6H3,(H,52,57)/t25-,27-,30-,31+,44-/m1/s1. The molecule has 0 spiro atoms. The van der Waals surface area contributed by atoms with Crippen molar-refractivity contribution >= 4 is 67.0 Å². The summed E-state index contributed by atoms with van der Waals surface area (Å²) in [5, 5.41) is 0.415. The Hall–Kier alpha value is -5.69. The van der Waals surface area contributed by atoms with Crippen molar-refractivity contribution in [2.45, 2.75) is 89.8 Å². The molecule has 5 atom stereocenters. The molecule has 3 fully saturated rings. The number of aryl methyl sites for hydroxylation is 1. The first-order valence-corrected chi connectivity index (χ1v) is 23.1. The highest BCUT2D eigenvalue weighted by molar-refractivity contribution is 7.90. The number of likely N-dealkylation sites (tertiary alicyclic amines) is 1. The van der Waals surface area contributed by atoms with Crippen LogP contribution in [0.5, 0.6) is 5.88 Å². The fourth-order valence-electron chi connectivity index (χ4n) is 8.44. The Morgan fingerprint density at radius 1 is 1.06 bits per heavy atom. The lowest BCUT2D eigenvalue weighted by Gasteiger charge is -2.35. The third kappa shape index (κ3) is 8.63. The molecule has 1 N–H and O–H groups in total. The number of fused-ring (bicyclic) bond motifs is 3. The zero-order chi connectivity index (χ0) is 46.1. The number of sulfonamides is 1. The third-order valence-corrected chi connectivity index (χ3v) is 15.3. The van der Waals surface area contributed by atoms with Gasteiger partial charge in [0.1, 0.15) is 22.1 Å². The molecule has 3 aliphatic rings. The summed E-state index contributed by atoms with van der Waals surface area (Å²) >= 11 is 1.11. The number of ketones is 1. The van der Waals surface area contributed by atoms with Gasteiger partial charge in [0.15, 0.2) is 11.6 Å². The number of nitrogens with zero attached hydrogens (tertiary/aromatic N) is 4. The molecule has 3 aromatic heterocycles. The van der Waals surface area contributed by atoms with Crippen LogP contribution in [0.15, 0.2) is 65.6 Å². The third-order valence-electron chi connectivity index (χ3n) is 12.3. The summed E-state index contributed by atoms with van der Waals surface area (Å²) in [6.45, 7) is 11.0. The van der Waals surface area contributed by atoms with Crippen molar-refractivity contribution < 1.29 is 54.7 Å². The number of aromatic nitrogens is 3. The predicted octanol–water partition coefficient (Wildman–Crippen LogP) is 7.63. The minimum atomic E-state index is -4.57. The Morgan fingerprint density at radius 3 is 2.39 bits per heavy atom. The smallest absolute Gasteiger partial charge is 0.416 e. The summed E-state index contributed by atoms with van der Waals surface area (Å²) in [6.07, 6.45) is -3.26. The van der Waals surface area contributed by atoms with Gasteiger partial charge < -0.3 is 18.8 Å². The Bertz CT molecular complexity index is 2810. The quantitative estimate of drug-likeness (QED) is 0.0849. The number of halogens is 3. The molecule has 4 heterocycles. The number of allylic oxidation sites excluding steroid dienone is 1. The van der Waals surface area contributed by atoms with E-state index >= 15 is 4.79 Å². The first-order chi connectivity index (χ1) is 30.1. The van der Waals surface area contributed by atoms with Crippen LogP contribution in [0.2, 0.25) is 0 Å². The van der Waals surface area contributed by atoms with E-state index in [2.05, 4.69) is 26.3 Å². The van der Waals surface area contributed by atoms with Crippen LogP contribution in [-0.2, 0) is 41.7 Å². The minimum Gasteiger partial charge on any atom is -0.470 e. The van der Waals surface area contributed by atoms with E-state index in [-0.39, 0.29) is 55.1 Å². The Kier molecular flexibility index (Phi) is 11.5. The second kappa shape index (κ2) is 16.4. The number of hydrogen-bond acceptors (Lipinski definition) is 13. The van der Waals surface area contributed by atoms with Crippen LogP contribution >= 0.6 is 11.3 Å². The molecule has 1 saturated heterocycles. The SMILES string of the molecule is C=C[C@@H]1C[C@]1(CC(=O)[C@@H]1C[C@@H](Oc2nc(-c3ccc(C(F)(F)F)cc3)nc3c2oc2ccccc23)CN1C(=O)[C@@H](Cc1nc(C)c(C(=O)OC)s1)C(C)(C)C)C(=O)NS(=O)(=O)C1CC1. The summed E-state index contributed by atoms with van der Waals surface area (Å²) in [7, 11) is -2.68. The van der Waals surface area contributed by atoms with Crippen LogP contribution in [0, 0.1) is 29.6 Å². The van der Waals surface area contributed by atoms with Crippen molar-refractivity contribution in [1.82, 2.24) is 24.6 Å². The number of hydrogen-bond donors (Lipinski definition) is 1. The molecule has 14 nitrogen and oxygen atoms in total. The van der Waals surface area contributed by atoms with Crippen LogP contribution in [0.4, 0.5) is 13.2 Å². The minimum absolute atomic E-state index is 0.0394. The van der Waals surface area contributed by atoms with Gasteiger partial charge in [0.05, 0.1) is 46.6 Å². The van der Waals surface area contributed by atoms with E-state index in [0.29, 0.717) is 44.9 Å². The summed E-state index contributed by atoms with van der Waals surface area (Å²) in [5.41, 5.74) is -1.36. The Morgan fingerprint density at radius 2 is 1.77 bits per heavy atom. The Balaban J connectivity index is 1.16. The maximum atomic E-state index is 15.1. The second-order valence-corrected chi connectivity index (χ2v) is 20.9. The Labute approximate surface area is 370 Å². The van der Waals surface area contributed by atoms with Gasteiger partial charge in [0.25, 0.3) is 5.88 Å². The highest BCUT2D eigenvalue weighted by atomic mass is 32.2. The van der Waals surface area contributed by atoms with Crippen LogP contribution in [0.25, 0.3) is 33.5 Å². The number of alkyl halides is 3. The number of furan rings is 1. The average molecular weight is 922 g/mol. The van der Waals surface area contributed by atoms with Gasteiger partial charge in [-0.1, -0.05) is 51.1 Å². The lowest BCUT2D eigenvalue weighted by molar-refractivity contribution is -0.144. The maximum absolute atomic E-state index is 15.1. The normalized spacial score (nSPS) is 21.8. The lowest BCUT2D eigenvalue weighted by Crippen LogP contribution is -2.48. The van der Waals surface area contributed by atoms with E-state index in [1.54, 1.807) is 31.2 Å². The molecular weight excluding hydrogens is 876 g/mol. The van der Waals surface area contributed by atoms with Crippen molar-refractivity contribution in [3.63, 3.8) is 0 Å². The summed E-state index contributed by atoms with van der Waals surface area (Å²) < 4.78 is 86.2. The summed E-state index contributed by atoms with van der Waals surface area (Å²) in [4.78, 5) is 71.7. The zero-order valence-corrected chi connectivity index (χ0v) is 37.3. The number of methoxy groups -OCH3 is 1. The van der Waals surface area contributed by atoms with Gasteiger partial charge in [0, 0.05) is 36.1 Å². The van der Waals surface area contributed by atoms with Crippen molar-refractivity contribution in [1.29, 1.82) is 0 Å². The first-order valence-electron chi connectivity index (χ1n) is 20.7. The number of amides is 2. The molecule has 0 unspecified atom stereocenters. The van der Waals surface area contributed by atoms with E-state index < -0.39 is 85.4 Å². The van der Waals surface area contributed by atoms with Gasteiger partial charge in [-0.3, -0.25) is 19.1 Å². The lowest BCUT2D eigenvalue weighted by atomic mass is 9.77. The van der Waals surface area contributed by atoms with Crippen molar-refractivity contribution in [2.24, 2.45) is 22.7 Å². The number of para-hydroxylation sites is 1. The maximum Gasteiger partial charge on any atom is 0.416 e. The molecule has 19 heteroatoms. The fourth-order valence-corrected chi connectivity index (χ4v) is 10.9. The number of esters is 1. The van der Waals surface area contributed by atoms with Crippen molar-refractivity contribution in [3.8, 4) is 17.3 Å². The van der Waals surface area contributed by atoms with Gasteiger partial charge in [0.2, 0.25) is 27.4 Å². The van der Waals surface area contributed by atoms with Crippen molar-refractivity contribution in [2.75, 3.05) is 13.7 Å². The molecule has 2 amide bonds. The van der Waals surface area contributed by atoms with Crippen LogP contribution in [-0.4, -0.2) is 82.9 Å². The van der Waals surface area contributed by atoms with Gasteiger partial charge in [-0.2, -0.15) is 18.2 Å². The van der Waals surface area contributed by atoms with Gasteiger partial charge >= 0.3 is 12.1 Å². The number of ether oxygens (including phenoxy) is 2. The summed E-state index contributed by atoms with van der Waals surface area (Å²) in [5.74, 6) is -3.57. The zero-order valence-electron chi connectivity index (χ0n) is 35.7. The van der Waals surface area contributed by atoms with Crippen LogP contribution < -0.4 is 9.46 Å². The molecule has 64 heavy (non-hydrogen) atoms. The number of nitrogens with one attached hydrogen (secondary N) is 1. The van der Waals surface area contributed by atoms with E-state index in [0.717, 1.165) is 23.5 Å². The predicted molar refractivity (Wildman–Crippen MR) is 230 cm³/mol. The second-order valence-electron chi connectivity index (χ2n) is 17.8. The van der Waals surface area contributed by atoms with E-state index in [9.17, 15) is 36.0 Å². The van der Waals surface area contributed by atoms with E-state index in [4.69, 9.17) is 13.9 Å². The number of carbonyl (C=O) groups excluding carboxylic acids is 4. The molecule has 0 bridgehead atoms. The van der Waals surface area contributed by atoms with Gasteiger partial charge in [-0.25, -0.2) is 23.2 Å². The molecule has 2 saturated carbocycles. The highest BCUT2D eigenvalue weighted by Crippen LogP contribution is 2.57. The van der Waals surface area contributed by atoms with Gasteiger partial charge in [-0.05, 0) is 61.8 Å². The fraction of sp³-hybridized carbons (Fsp3) is 0.444. The molecular formula is C45H46F3N5O9S2. The molecule has 2 aliphatic carbocycles. The van der Waals surface area contributed by atoms with Crippen molar-refractivity contribution in [3.05, 3.63) is 82.3 Å². The number of rotatable bonds is 14.